The lowest BCUT2D eigenvalue weighted by molar-refractivity contribution is 0.477. The van der Waals surface area contributed by atoms with Crippen molar-refractivity contribution in [1.29, 1.82) is 0 Å². The summed E-state index contributed by atoms with van der Waals surface area (Å²) in [6, 6.07) is 0. The van der Waals surface area contributed by atoms with Crippen LogP contribution < -0.4 is 11.6 Å². The molecule has 0 aromatic heterocycles. The highest BCUT2D eigenvalue weighted by molar-refractivity contribution is 4.93. The summed E-state index contributed by atoms with van der Waals surface area (Å²) in [6.45, 7) is 6.08. The fourth-order valence-electron chi connectivity index (χ4n) is 0.615. The molecule has 11 heavy (non-hydrogen) atoms. The molecule has 0 aliphatic heterocycles. The summed E-state index contributed by atoms with van der Waals surface area (Å²) in [5, 5.41) is 1.46. The van der Waals surface area contributed by atoms with Crippen molar-refractivity contribution in [1.82, 2.24) is 5.01 Å². The zero-order chi connectivity index (χ0) is 9.28. The number of hydrazine groups is 1. The number of hydrogen-bond donors (Lipinski definition) is 2. The largest absolute Gasteiger partial charge is 0.401 e. The van der Waals surface area contributed by atoms with Crippen molar-refractivity contribution in [2.24, 2.45) is 11.6 Å². The maximum atomic E-state index is 5.52. The van der Waals surface area contributed by atoms with Gasteiger partial charge in [-0.2, -0.15) is 0 Å². The molecule has 0 radical (unpaired) electrons. The molecule has 3 nitrogen and oxygen atoms in total. The standard InChI is InChI=1S/C6H15N3.C2H6/c1-3-4-6(7)5-9(2)8;1-2/h5H,3-4,7-8H2,1-2H3;1-2H3/b6-5-;. The molecule has 4 N–H and O–H groups in total. The van der Waals surface area contributed by atoms with Crippen LogP contribution in [0.25, 0.3) is 0 Å². The highest BCUT2D eigenvalue weighted by Crippen LogP contribution is 1.95. The molecule has 0 saturated carbocycles. The second-order valence-corrected chi connectivity index (χ2v) is 2.12. The van der Waals surface area contributed by atoms with Crippen molar-refractivity contribution >= 4 is 0 Å². The molecule has 0 unspecified atom stereocenters. The molecule has 0 aromatic rings. The van der Waals surface area contributed by atoms with Crippen LogP contribution in [0.4, 0.5) is 0 Å². The SMILES string of the molecule is CC.CCC/C(N)=C/N(C)N. The van der Waals surface area contributed by atoms with Crippen LogP contribution in [0.5, 0.6) is 0 Å². The van der Waals surface area contributed by atoms with Gasteiger partial charge in [-0.15, -0.1) is 0 Å². The Morgan fingerprint density at radius 2 is 1.91 bits per heavy atom. The predicted octanol–water partition coefficient (Wildman–Crippen LogP) is 1.42. The Hall–Kier alpha value is -0.700. The van der Waals surface area contributed by atoms with E-state index in [1.165, 1.54) is 5.01 Å². The summed E-state index contributed by atoms with van der Waals surface area (Å²) in [6.07, 6.45) is 3.71. The average molecular weight is 159 g/mol. The van der Waals surface area contributed by atoms with Gasteiger partial charge in [0, 0.05) is 18.9 Å². The maximum Gasteiger partial charge on any atom is 0.0339 e. The Kier molecular flexibility index (Phi) is 10.9. The third kappa shape index (κ3) is 12.5. The minimum atomic E-state index is 0.836. The molecule has 0 heterocycles. The first-order valence-corrected chi connectivity index (χ1v) is 4.10. The van der Waals surface area contributed by atoms with E-state index in [0.717, 1.165) is 18.5 Å². The van der Waals surface area contributed by atoms with Gasteiger partial charge in [-0.25, -0.2) is 5.84 Å². The number of allylic oxidation sites excluding steroid dienone is 1. The molecule has 0 amide bonds. The number of rotatable bonds is 3. The quantitative estimate of drug-likeness (QED) is 0.483. The van der Waals surface area contributed by atoms with E-state index >= 15 is 0 Å². The average Bonchev–Trinajstić information content (AvgIpc) is 1.91. The zero-order valence-corrected chi connectivity index (χ0v) is 8.09. The van der Waals surface area contributed by atoms with Crippen LogP contribution in [0.2, 0.25) is 0 Å². The van der Waals surface area contributed by atoms with Gasteiger partial charge >= 0.3 is 0 Å². The van der Waals surface area contributed by atoms with E-state index in [9.17, 15) is 0 Å². The Bertz CT molecular complexity index is 97.5. The monoisotopic (exact) mass is 159 g/mol. The van der Waals surface area contributed by atoms with Gasteiger partial charge in [0.05, 0.1) is 0 Å². The lowest BCUT2D eigenvalue weighted by Gasteiger charge is -2.05. The summed E-state index contributed by atoms with van der Waals surface area (Å²) < 4.78 is 0. The van der Waals surface area contributed by atoms with E-state index in [0.29, 0.717) is 0 Å². The summed E-state index contributed by atoms with van der Waals surface area (Å²) in [7, 11) is 1.75. The van der Waals surface area contributed by atoms with E-state index in [-0.39, 0.29) is 0 Å². The Morgan fingerprint density at radius 1 is 1.45 bits per heavy atom. The fraction of sp³-hybridized carbons (Fsp3) is 0.750. The molecular weight excluding hydrogens is 138 g/mol. The van der Waals surface area contributed by atoms with Crippen LogP contribution in [0.15, 0.2) is 11.9 Å². The van der Waals surface area contributed by atoms with Crippen molar-refractivity contribution in [3.05, 3.63) is 11.9 Å². The van der Waals surface area contributed by atoms with Crippen LogP contribution in [0.3, 0.4) is 0 Å². The molecular formula is C8H21N3. The van der Waals surface area contributed by atoms with Crippen LogP contribution in [0, 0.1) is 0 Å². The lowest BCUT2D eigenvalue weighted by Crippen LogP contribution is -2.20. The highest BCUT2D eigenvalue weighted by Gasteiger charge is 1.86. The van der Waals surface area contributed by atoms with Gasteiger partial charge in [-0.3, -0.25) is 0 Å². The molecule has 0 aliphatic carbocycles. The second-order valence-electron chi connectivity index (χ2n) is 2.12. The number of nitrogens with zero attached hydrogens (tertiary/aromatic N) is 1. The predicted molar refractivity (Wildman–Crippen MR) is 50.5 cm³/mol. The third-order valence-corrected chi connectivity index (χ3v) is 0.908. The molecule has 0 aliphatic rings. The van der Waals surface area contributed by atoms with Gasteiger partial charge < -0.3 is 10.7 Å². The van der Waals surface area contributed by atoms with Gasteiger partial charge in [-0.05, 0) is 6.42 Å². The highest BCUT2D eigenvalue weighted by atomic mass is 15.4. The van der Waals surface area contributed by atoms with Crippen molar-refractivity contribution < 1.29 is 0 Å². The fourth-order valence-corrected chi connectivity index (χ4v) is 0.615. The summed E-state index contributed by atoms with van der Waals surface area (Å²) >= 11 is 0. The van der Waals surface area contributed by atoms with Crippen LogP contribution in [0.1, 0.15) is 33.6 Å². The number of hydrogen-bond acceptors (Lipinski definition) is 3. The van der Waals surface area contributed by atoms with Gasteiger partial charge in [0.15, 0.2) is 0 Å². The Balaban J connectivity index is 0. The molecule has 0 rings (SSSR count). The van der Waals surface area contributed by atoms with E-state index < -0.39 is 0 Å². The van der Waals surface area contributed by atoms with Crippen molar-refractivity contribution in [3.8, 4) is 0 Å². The first-order chi connectivity index (χ1) is 5.16. The molecule has 0 atom stereocenters. The summed E-state index contributed by atoms with van der Waals surface area (Å²) in [4.78, 5) is 0. The number of nitrogens with two attached hydrogens (primary N) is 2. The summed E-state index contributed by atoms with van der Waals surface area (Å²) in [5.74, 6) is 5.30. The van der Waals surface area contributed by atoms with E-state index in [2.05, 4.69) is 6.92 Å². The minimum Gasteiger partial charge on any atom is -0.401 e. The molecule has 0 bridgehead atoms. The third-order valence-electron chi connectivity index (χ3n) is 0.908. The van der Waals surface area contributed by atoms with Crippen molar-refractivity contribution in [2.45, 2.75) is 33.6 Å². The first-order valence-electron chi connectivity index (χ1n) is 4.10. The lowest BCUT2D eigenvalue weighted by atomic mass is 10.3. The first kappa shape index (κ1) is 12.9. The zero-order valence-electron chi connectivity index (χ0n) is 8.09. The normalized spacial score (nSPS) is 10.1. The smallest absolute Gasteiger partial charge is 0.0339 e. The van der Waals surface area contributed by atoms with Crippen LogP contribution >= 0.6 is 0 Å². The minimum absolute atomic E-state index is 0.836. The maximum absolute atomic E-state index is 5.52. The van der Waals surface area contributed by atoms with Crippen LogP contribution in [-0.2, 0) is 0 Å². The van der Waals surface area contributed by atoms with Crippen molar-refractivity contribution in [3.63, 3.8) is 0 Å². The molecule has 0 fully saturated rings. The van der Waals surface area contributed by atoms with E-state index in [1.807, 2.05) is 13.8 Å². The van der Waals surface area contributed by atoms with E-state index in [4.69, 9.17) is 11.6 Å². The topological polar surface area (TPSA) is 55.3 Å². The second kappa shape index (κ2) is 9.30. The van der Waals surface area contributed by atoms with Gasteiger partial charge in [0.2, 0.25) is 0 Å². The van der Waals surface area contributed by atoms with Gasteiger partial charge in [0.1, 0.15) is 0 Å². The molecule has 0 spiro atoms. The van der Waals surface area contributed by atoms with E-state index in [1.54, 1.807) is 13.2 Å². The Morgan fingerprint density at radius 3 is 2.18 bits per heavy atom. The van der Waals surface area contributed by atoms with Crippen molar-refractivity contribution in [2.75, 3.05) is 7.05 Å². The Labute approximate surface area is 70.0 Å². The van der Waals surface area contributed by atoms with Gasteiger partial charge in [-0.1, -0.05) is 27.2 Å². The molecule has 68 valence electrons. The molecule has 0 aromatic carbocycles. The van der Waals surface area contributed by atoms with Crippen LogP contribution in [-0.4, -0.2) is 12.1 Å². The van der Waals surface area contributed by atoms with Gasteiger partial charge in [0.25, 0.3) is 0 Å². The molecule has 0 saturated heterocycles. The summed E-state index contributed by atoms with van der Waals surface area (Å²) in [5.41, 5.74) is 6.36. The molecule has 3 heteroatoms.